The second-order valence-corrected chi connectivity index (χ2v) is 5.74. The van der Waals surface area contributed by atoms with Gasteiger partial charge in [0.2, 0.25) is 0 Å². The first-order valence-electron chi connectivity index (χ1n) is 7.99. The minimum Gasteiger partial charge on any atom is -0.392 e. The lowest BCUT2D eigenvalue weighted by Gasteiger charge is -2.10. The molecule has 2 rings (SSSR count). The van der Waals surface area contributed by atoms with E-state index in [1.165, 1.54) is 11.1 Å². The average Bonchev–Trinajstić information content (AvgIpc) is 2.59. The zero-order valence-corrected chi connectivity index (χ0v) is 13.5. The quantitative estimate of drug-likeness (QED) is 0.728. The molecule has 0 unspecified atom stereocenters. The molecular weight excluding hydrogens is 290 g/mol. The Morgan fingerprint density at radius 1 is 0.870 bits per heavy atom. The highest BCUT2D eigenvalue weighted by Gasteiger charge is 2.11. The molecule has 2 N–H and O–H groups in total. The van der Waals surface area contributed by atoms with Gasteiger partial charge in [-0.25, -0.2) is 0 Å². The molecule has 0 aliphatic rings. The monoisotopic (exact) mass is 313 g/mol. The first kappa shape index (κ1) is 17.3. The highest BCUT2D eigenvalue weighted by atomic mass is 16.3. The van der Waals surface area contributed by atoms with Gasteiger partial charge in [-0.15, -0.1) is 4.91 Å². The van der Waals surface area contributed by atoms with E-state index < -0.39 is 0 Å². The van der Waals surface area contributed by atoms with E-state index in [0.717, 1.165) is 31.2 Å². The van der Waals surface area contributed by atoms with Crippen molar-refractivity contribution in [3.05, 3.63) is 69.1 Å². The summed E-state index contributed by atoms with van der Waals surface area (Å²) in [5.74, 6) is 0. The molecule has 4 nitrogen and oxygen atoms in total. The fraction of sp³-hybridized carbons (Fsp3) is 0.368. The fourth-order valence-corrected chi connectivity index (χ4v) is 2.85. The van der Waals surface area contributed by atoms with Crippen LogP contribution in [0.25, 0.3) is 0 Å². The zero-order chi connectivity index (χ0) is 16.7. The zero-order valence-electron chi connectivity index (χ0n) is 13.5. The van der Waals surface area contributed by atoms with Crippen LogP contribution in [0.15, 0.2) is 41.6 Å². The van der Waals surface area contributed by atoms with E-state index >= 15 is 0 Å². The number of hydrogen-bond acceptors (Lipinski definition) is 4. The standard InChI is InChI=1S/C19H23NO3/c1-2-4-14-5-3-6-15(9-14)7-8-16-10-17(12-21)19(20-23)18(11-16)13-22/h3,5-6,9-11,21-22H,2,4,7-8,12-13H2,1H3. The molecule has 2 aromatic rings. The lowest BCUT2D eigenvalue weighted by Crippen LogP contribution is -1.98. The van der Waals surface area contributed by atoms with Crippen LogP contribution in [0.5, 0.6) is 0 Å². The van der Waals surface area contributed by atoms with Crippen LogP contribution in [0.1, 0.15) is 41.2 Å². The molecule has 0 atom stereocenters. The molecule has 0 aliphatic carbocycles. The highest BCUT2D eigenvalue weighted by molar-refractivity contribution is 5.54. The molecule has 0 amide bonds. The summed E-state index contributed by atoms with van der Waals surface area (Å²) in [5.41, 5.74) is 4.71. The van der Waals surface area contributed by atoms with E-state index in [9.17, 15) is 15.1 Å². The summed E-state index contributed by atoms with van der Waals surface area (Å²) in [6.07, 6.45) is 3.87. The van der Waals surface area contributed by atoms with Crippen molar-refractivity contribution >= 4 is 5.69 Å². The van der Waals surface area contributed by atoms with Crippen LogP contribution in [-0.4, -0.2) is 10.2 Å². The van der Waals surface area contributed by atoms with E-state index in [1.807, 2.05) is 0 Å². The number of aryl methyl sites for hydroxylation is 3. The Bertz CT molecular complexity index is 642. The largest absolute Gasteiger partial charge is 0.392 e. The maximum atomic E-state index is 10.9. The summed E-state index contributed by atoms with van der Waals surface area (Å²) in [6, 6.07) is 12.2. The van der Waals surface area contributed by atoms with Crippen LogP contribution in [-0.2, 0) is 32.5 Å². The summed E-state index contributed by atoms with van der Waals surface area (Å²) in [7, 11) is 0. The van der Waals surface area contributed by atoms with E-state index in [4.69, 9.17) is 0 Å². The number of hydrogen-bond donors (Lipinski definition) is 2. The summed E-state index contributed by atoms with van der Waals surface area (Å²) >= 11 is 0. The molecule has 0 aliphatic heterocycles. The van der Waals surface area contributed by atoms with Gasteiger partial charge in [-0.05, 0) is 41.1 Å². The predicted molar refractivity (Wildman–Crippen MR) is 91.6 cm³/mol. The van der Waals surface area contributed by atoms with Crippen molar-refractivity contribution in [3.8, 4) is 0 Å². The fourth-order valence-electron chi connectivity index (χ4n) is 2.85. The van der Waals surface area contributed by atoms with Crippen molar-refractivity contribution in [3.63, 3.8) is 0 Å². The topological polar surface area (TPSA) is 69.9 Å². The third-order valence-corrected chi connectivity index (χ3v) is 3.99. The van der Waals surface area contributed by atoms with Crippen molar-refractivity contribution in [2.24, 2.45) is 5.18 Å². The normalized spacial score (nSPS) is 10.7. The van der Waals surface area contributed by atoms with Gasteiger partial charge in [0.15, 0.2) is 0 Å². The summed E-state index contributed by atoms with van der Waals surface area (Å²) in [4.78, 5) is 10.9. The SMILES string of the molecule is CCCc1cccc(CCc2cc(CO)c(N=O)c(CO)c2)c1. The van der Waals surface area contributed by atoms with Gasteiger partial charge >= 0.3 is 0 Å². The summed E-state index contributed by atoms with van der Waals surface area (Å²) in [5, 5.41) is 21.7. The van der Waals surface area contributed by atoms with Gasteiger partial charge in [0.1, 0.15) is 5.69 Å². The smallest absolute Gasteiger partial charge is 0.119 e. The molecule has 0 aromatic heterocycles. The number of nitroso groups, excluding NO2 is 1. The van der Waals surface area contributed by atoms with Crippen LogP contribution < -0.4 is 0 Å². The second-order valence-electron chi connectivity index (χ2n) is 5.74. The molecular formula is C19H23NO3. The average molecular weight is 313 g/mol. The maximum Gasteiger partial charge on any atom is 0.119 e. The van der Waals surface area contributed by atoms with Gasteiger partial charge in [-0.1, -0.05) is 49.7 Å². The third-order valence-electron chi connectivity index (χ3n) is 3.99. The van der Waals surface area contributed by atoms with Gasteiger partial charge in [0, 0.05) is 11.1 Å². The van der Waals surface area contributed by atoms with Gasteiger partial charge in [-0.2, -0.15) is 0 Å². The Labute approximate surface area is 136 Å². The van der Waals surface area contributed by atoms with E-state index in [2.05, 4.69) is 36.4 Å². The number of rotatable bonds is 8. The van der Waals surface area contributed by atoms with Crippen molar-refractivity contribution < 1.29 is 10.2 Å². The Balaban J connectivity index is 2.17. The van der Waals surface area contributed by atoms with E-state index in [-0.39, 0.29) is 18.9 Å². The molecule has 4 heteroatoms. The number of benzene rings is 2. The number of nitrogens with zero attached hydrogens (tertiary/aromatic N) is 1. The van der Waals surface area contributed by atoms with E-state index in [1.54, 1.807) is 12.1 Å². The van der Waals surface area contributed by atoms with Crippen molar-refractivity contribution in [1.29, 1.82) is 0 Å². The highest BCUT2D eigenvalue weighted by Crippen LogP contribution is 2.27. The molecule has 0 heterocycles. The molecule has 0 saturated heterocycles. The van der Waals surface area contributed by atoms with Crippen LogP contribution in [0.3, 0.4) is 0 Å². The molecule has 0 saturated carbocycles. The van der Waals surface area contributed by atoms with Crippen LogP contribution >= 0.6 is 0 Å². The van der Waals surface area contributed by atoms with Gasteiger partial charge in [0.25, 0.3) is 0 Å². The first-order valence-corrected chi connectivity index (χ1v) is 7.99. The predicted octanol–water partition coefficient (Wildman–Crippen LogP) is 3.81. The van der Waals surface area contributed by atoms with Crippen LogP contribution in [0, 0.1) is 4.91 Å². The molecule has 23 heavy (non-hydrogen) atoms. The minimum absolute atomic E-state index is 0.156. The third kappa shape index (κ3) is 4.47. The van der Waals surface area contributed by atoms with E-state index in [0.29, 0.717) is 11.1 Å². The van der Waals surface area contributed by atoms with Crippen LogP contribution in [0.4, 0.5) is 5.69 Å². The molecule has 0 spiro atoms. The Morgan fingerprint density at radius 2 is 1.43 bits per heavy atom. The number of aliphatic hydroxyl groups is 2. The summed E-state index contributed by atoms with van der Waals surface area (Å²) in [6.45, 7) is 1.66. The summed E-state index contributed by atoms with van der Waals surface area (Å²) < 4.78 is 0. The van der Waals surface area contributed by atoms with Gasteiger partial charge in [0.05, 0.1) is 13.2 Å². The lowest BCUT2D eigenvalue weighted by atomic mass is 9.97. The van der Waals surface area contributed by atoms with Crippen molar-refractivity contribution in [2.45, 2.75) is 45.8 Å². The van der Waals surface area contributed by atoms with Gasteiger partial charge < -0.3 is 10.2 Å². The van der Waals surface area contributed by atoms with Crippen molar-refractivity contribution in [2.75, 3.05) is 0 Å². The Kier molecular flexibility index (Phi) is 6.44. The van der Waals surface area contributed by atoms with Crippen molar-refractivity contribution in [1.82, 2.24) is 0 Å². The Hall–Kier alpha value is -2.04. The molecule has 0 bridgehead atoms. The van der Waals surface area contributed by atoms with Gasteiger partial charge in [-0.3, -0.25) is 0 Å². The molecule has 122 valence electrons. The Morgan fingerprint density at radius 3 is 1.96 bits per heavy atom. The minimum atomic E-state index is -0.256. The second kappa shape index (κ2) is 8.56. The van der Waals surface area contributed by atoms with Crippen LogP contribution in [0.2, 0.25) is 0 Å². The first-order chi connectivity index (χ1) is 11.2. The maximum absolute atomic E-state index is 10.9. The number of aliphatic hydroxyl groups excluding tert-OH is 2. The molecule has 0 fully saturated rings. The molecule has 0 radical (unpaired) electrons. The lowest BCUT2D eigenvalue weighted by molar-refractivity contribution is 0.276. The molecule has 2 aromatic carbocycles.